The molecule has 0 saturated heterocycles. The van der Waals surface area contributed by atoms with Gasteiger partial charge in [0.15, 0.2) is 5.71 Å². The molecule has 0 radical (unpaired) electrons. The van der Waals surface area contributed by atoms with E-state index >= 15 is 0 Å². The lowest BCUT2D eigenvalue weighted by molar-refractivity contribution is -0.140. The average molecular weight is 489 g/mol. The van der Waals surface area contributed by atoms with Crippen LogP contribution in [0.3, 0.4) is 0 Å². The number of nitrogens with zero attached hydrogens (tertiary/aromatic N) is 1. The standard InChI is InChI=1S/C27H40N2O6/c1-5-8-13-32-15-17-34-26(30)23-20(4)28-29-25(27(31)35-18-16-33-14-9-6-2)24(23)22-12-10-11-21(7-3)19-22/h10-12,19,24,28H,5-9,13-18H2,1-4H3. The van der Waals surface area contributed by atoms with Crippen molar-refractivity contribution in [2.75, 3.05) is 39.6 Å². The number of rotatable bonds is 16. The average Bonchev–Trinajstić information content (AvgIpc) is 2.87. The second-order valence-electron chi connectivity index (χ2n) is 8.38. The molecular formula is C27H40N2O6. The number of unbranched alkanes of at least 4 members (excludes halogenated alkanes) is 2. The number of esters is 2. The van der Waals surface area contributed by atoms with Crippen molar-refractivity contribution in [3.63, 3.8) is 0 Å². The minimum absolute atomic E-state index is 0.112. The lowest BCUT2D eigenvalue weighted by Crippen LogP contribution is -2.36. The van der Waals surface area contributed by atoms with E-state index in [2.05, 4.69) is 31.3 Å². The Labute approximate surface area is 209 Å². The summed E-state index contributed by atoms with van der Waals surface area (Å²) in [4.78, 5) is 26.2. The highest BCUT2D eigenvalue weighted by molar-refractivity contribution is 6.40. The Morgan fingerprint density at radius 2 is 1.51 bits per heavy atom. The predicted octanol–water partition coefficient (Wildman–Crippen LogP) is 4.29. The zero-order valence-corrected chi connectivity index (χ0v) is 21.6. The van der Waals surface area contributed by atoms with Gasteiger partial charge in [0.2, 0.25) is 0 Å². The van der Waals surface area contributed by atoms with Gasteiger partial charge in [-0.25, -0.2) is 9.59 Å². The first-order valence-electron chi connectivity index (χ1n) is 12.7. The third kappa shape index (κ3) is 9.11. The molecule has 0 aromatic heterocycles. The van der Waals surface area contributed by atoms with Crippen LogP contribution >= 0.6 is 0 Å². The minimum Gasteiger partial charge on any atom is -0.460 e. The molecular weight excluding hydrogens is 448 g/mol. The normalized spacial score (nSPS) is 15.4. The maximum Gasteiger partial charge on any atom is 0.355 e. The first-order chi connectivity index (χ1) is 17.0. The third-order valence-electron chi connectivity index (χ3n) is 5.64. The number of allylic oxidation sites excluding steroid dienone is 1. The van der Waals surface area contributed by atoms with Crippen molar-refractivity contribution in [3.8, 4) is 0 Å². The number of hydrogen-bond acceptors (Lipinski definition) is 8. The Balaban J connectivity index is 2.17. The molecule has 1 aromatic rings. The predicted molar refractivity (Wildman–Crippen MR) is 135 cm³/mol. The largest absolute Gasteiger partial charge is 0.460 e. The number of carbonyl (C=O) groups excluding carboxylic acids is 2. The Kier molecular flexibility index (Phi) is 13.1. The molecule has 0 fully saturated rings. The highest BCUT2D eigenvalue weighted by atomic mass is 16.6. The minimum atomic E-state index is -0.704. The Morgan fingerprint density at radius 1 is 0.886 bits per heavy atom. The fourth-order valence-electron chi connectivity index (χ4n) is 3.61. The zero-order valence-electron chi connectivity index (χ0n) is 21.6. The van der Waals surface area contributed by atoms with Crippen molar-refractivity contribution in [1.82, 2.24) is 5.43 Å². The van der Waals surface area contributed by atoms with Gasteiger partial charge in [0, 0.05) is 18.9 Å². The third-order valence-corrected chi connectivity index (χ3v) is 5.64. The molecule has 0 aliphatic carbocycles. The van der Waals surface area contributed by atoms with E-state index in [4.69, 9.17) is 18.9 Å². The molecule has 2 rings (SSSR count). The van der Waals surface area contributed by atoms with Crippen LogP contribution in [0, 0.1) is 0 Å². The molecule has 1 N–H and O–H groups in total. The molecule has 194 valence electrons. The number of hydrazone groups is 1. The van der Waals surface area contributed by atoms with E-state index in [1.54, 1.807) is 6.92 Å². The Hall–Kier alpha value is -2.71. The summed E-state index contributed by atoms with van der Waals surface area (Å²) in [7, 11) is 0. The first-order valence-corrected chi connectivity index (χ1v) is 12.7. The second kappa shape index (κ2) is 16.1. The van der Waals surface area contributed by atoms with Gasteiger partial charge in [-0.15, -0.1) is 0 Å². The molecule has 1 heterocycles. The van der Waals surface area contributed by atoms with Crippen molar-refractivity contribution >= 4 is 17.7 Å². The van der Waals surface area contributed by atoms with Gasteiger partial charge in [0.05, 0.1) is 24.7 Å². The molecule has 0 amide bonds. The second-order valence-corrected chi connectivity index (χ2v) is 8.38. The fourth-order valence-corrected chi connectivity index (χ4v) is 3.61. The van der Waals surface area contributed by atoms with Crippen LogP contribution in [-0.4, -0.2) is 57.3 Å². The van der Waals surface area contributed by atoms with Gasteiger partial charge in [0.1, 0.15) is 13.2 Å². The van der Waals surface area contributed by atoms with Gasteiger partial charge >= 0.3 is 11.9 Å². The quantitative estimate of drug-likeness (QED) is 0.274. The number of benzene rings is 1. The number of hydrogen-bond donors (Lipinski definition) is 1. The van der Waals surface area contributed by atoms with Crippen LogP contribution in [0.2, 0.25) is 0 Å². The molecule has 0 bridgehead atoms. The summed E-state index contributed by atoms with van der Waals surface area (Å²) in [6.07, 6.45) is 4.82. The van der Waals surface area contributed by atoms with Crippen LogP contribution < -0.4 is 5.43 Å². The molecule has 1 aromatic carbocycles. The van der Waals surface area contributed by atoms with Crippen molar-refractivity contribution in [3.05, 3.63) is 46.7 Å². The van der Waals surface area contributed by atoms with Crippen LogP contribution in [0.4, 0.5) is 0 Å². The van der Waals surface area contributed by atoms with Crippen molar-refractivity contribution in [2.24, 2.45) is 5.10 Å². The van der Waals surface area contributed by atoms with E-state index in [0.717, 1.165) is 43.2 Å². The van der Waals surface area contributed by atoms with E-state index in [0.29, 0.717) is 37.7 Å². The molecule has 1 aliphatic heterocycles. The van der Waals surface area contributed by atoms with E-state index in [-0.39, 0.29) is 18.9 Å². The summed E-state index contributed by atoms with van der Waals surface area (Å²) in [6.45, 7) is 10.1. The molecule has 8 nitrogen and oxygen atoms in total. The van der Waals surface area contributed by atoms with Crippen LogP contribution in [0.15, 0.2) is 40.6 Å². The molecule has 1 aliphatic rings. The first kappa shape index (κ1) is 28.5. The molecule has 1 unspecified atom stereocenters. The highest BCUT2D eigenvalue weighted by Crippen LogP contribution is 2.32. The molecule has 0 spiro atoms. The maximum absolute atomic E-state index is 13.2. The van der Waals surface area contributed by atoms with Crippen molar-refractivity contribution in [2.45, 2.75) is 65.7 Å². The van der Waals surface area contributed by atoms with Crippen LogP contribution in [0.25, 0.3) is 0 Å². The summed E-state index contributed by atoms with van der Waals surface area (Å²) in [5.41, 5.74) is 5.68. The van der Waals surface area contributed by atoms with E-state index < -0.39 is 17.9 Å². The van der Waals surface area contributed by atoms with Gasteiger partial charge in [-0.2, -0.15) is 5.10 Å². The number of nitrogens with one attached hydrogen (secondary N) is 1. The molecule has 1 atom stereocenters. The van der Waals surface area contributed by atoms with E-state index in [9.17, 15) is 9.59 Å². The molecule has 0 saturated carbocycles. The van der Waals surface area contributed by atoms with Crippen molar-refractivity contribution < 1.29 is 28.5 Å². The maximum atomic E-state index is 13.2. The summed E-state index contributed by atoms with van der Waals surface area (Å²) in [6, 6.07) is 7.80. The van der Waals surface area contributed by atoms with Gasteiger partial charge in [-0.3, -0.25) is 5.43 Å². The lowest BCUT2D eigenvalue weighted by Gasteiger charge is -2.27. The topological polar surface area (TPSA) is 95.5 Å². The molecule has 35 heavy (non-hydrogen) atoms. The monoisotopic (exact) mass is 488 g/mol. The summed E-state index contributed by atoms with van der Waals surface area (Å²) < 4.78 is 21.9. The van der Waals surface area contributed by atoms with Gasteiger partial charge in [0.25, 0.3) is 0 Å². The summed E-state index contributed by atoms with van der Waals surface area (Å²) >= 11 is 0. The molecule has 8 heteroatoms. The smallest absolute Gasteiger partial charge is 0.355 e. The summed E-state index contributed by atoms with van der Waals surface area (Å²) in [5, 5.41) is 4.28. The number of carbonyl (C=O) groups is 2. The SMILES string of the molecule is CCCCOCCOC(=O)C1=NNC(C)=C(C(=O)OCCOCCCC)C1c1cccc(CC)c1. The van der Waals surface area contributed by atoms with Crippen LogP contribution in [-0.2, 0) is 35.0 Å². The zero-order chi connectivity index (χ0) is 25.5. The summed E-state index contributed by atoms with van der Waals surface area (Å²) in [5.74, 6) is -1.81. The lowest BCUT2D eigenvalue weighted by atomic mass is 9.84. The number of aryl methyl sites for hydroxylation is 1. The van der Waals surface area contributed by atoms with Crippen LogP contribution in [0.5, 0.6) is 0 Å². The Morgan fingerprint density at radius 3 is 2.11 bits per heavy atom. The van der Waals surface area contributed by atoms with Gasteiger partial charge < -0.3 is 18.9 Å². The highest BCUT2D eigenvalue weighted by Gasteiger charge is 2.37. The Bertz CT molecular complexity index is 880. The van der Waals surface area contributed by atoms with Gasteiger partial charge in [-0.1, -0.05) is 57.9 Å². The van der Waals surface area contributed by atoms with E-state index in [1.165, 1.54) is 0 Å². The number of ether oxygens (including phenoxy) is 4. The van der Waals surface area contributed by atoms with Crippen LogP contribution in [0.1, 0.15) is 70.4 Å². The van der Waals surface area contributed by atoms with Gasteiger partial charge in [-0.05, 0) is 37.3 Å². The van der Waals surface area contributed by atoms with Crippen molar-refractivity contribution in [1.29, 1.82) is 0 Å². The fraction of sp³-hybridized carbons (Fsp3) is 0.593. The van der Waals surface area contributed by atoms with E-state index in [1.807, 2.05) is 24.3 Å².